The van der Waals surface area contributed by atoms with E-state index in [0.717, 1.165) is 0 Å². The van der Waals surface area contributed by atoms with Crippen molar-refractivity contribution in [2.45, 2.75) is 19.8 Å². The van der Waals surface area contributed by atoms with E-state index < -0.39 is 0 Å². The van der Waals surface area contributed by atoms with Crippen LogP contribution < -0.4 is 0 Å². The van der Waals surface area contributed by atoms with Crippen molar-refractivity contribution in [3.05, 3.63) is 64.4 Å². The number of carbonyl (C=O) groups is 1. The fourth-order valence-corrected chi connectivity index (χ4v) is 1.90. The van der Waals surface area contributed by atoms with E-state index in [2.05, 4.69) is 18.8 Å². The first-order chi connectivity index (χ1) is 8.58. The molecule has 0 fully saturated rings. The van der Waals surface area contributed by atoms with Crippen LogP contribution in [-0.4, -0.2) is 10.8 Å². The Balaban J connectivity index is 2.29. The number of hydrogen-bond donors (Lipinski definition) is 0. The molecule has 2 rings (SSSR count). The average Bonchev–Trinajstić information content (AvgIpc) is 2.38. The van der Waals surface area contributed by atoms with Gasteiger partial charge in [-0.2, -0.15) is 0 Å². The molecule has 0 unspecified atom stereocenters. The second kappa shape index (κ2) is 5.32. The van der Waals surface area contributed by atoms with Crippen LogP contribution in [0.1, 0.15) is 41.3 Å². The van der Waals surface area contributed by atoms with Gasteiger partial charge in [-0.25, -0.2) is 4.98 Å². The quantitative estimate of drug-likeness (QED) is 0.614. The van der Waals surface area contributed by atoms with Gasteiger partial charge in [0.15, 0.2) is 5.78 Å². The zero-order valence-electron chi connectivity index (χ0n) is 10.4. The number of halogens is 1. The van der Waals surface area contributed by atoms with Crippen molar-refractivity contribution in [3.63, 3.8) is 0 Å². The van der Waals surface area contributed by atoms with Crippen molar-refractivity contribution < 1.29 is 4.79 Å². The molecular weight excluding hydrogens is 246 g/mol. The Morgan fingerprint density at radius 3 is 2.33 bits per heavy atom. The average molecular weight is 260 g/mol. The van der Waals surface area contributed by atoms with Crippen LogP contribution in [0, 0.1) is 0 Å². The SMILES string of the molecule is CC(C)c1ccc(C(=O)c2ccnc(Cl)c2)cc1. The highest BCUT2D eigenvalue weighted by molar-refractivity contribution is 6.29. The molecule has 0 saturated carbocycles. The number of ketones is 1. The Morgan fingerprint density at radius 2 is 1.78 bits per heavy atom. The highest BCUT2D eigenvalue weighted by Crippen LogP contribution is 2.17. The molecule has 0 aliphatic heterocycles. The first-order valence-corrected chi connectivity index (χ1v) is 6.22. The summed E-state index contributed by atoms with van der Waals surface area (Å²) in [6, 6.07) is 10.9. The predicted molar refractivity (Wildman–Crippen MR) is 73.2 cm³/mol. The lowest BCUT2D eigenvalue weighted by atomic mass is 9.98. The molecule has 0 N–H and O–H groups in total. The molecule has 0 amide bonds. The van der Waals surface area contributed by atoms with Crippen molar-refractivity contribution in [3.8, 4) is 0 Å². The highest BCUT2D eigenvalue weighted by Gasteiger charge is 2.10. The first-order valence-electron chi connectivity index (χ1n) is 5.84. The van der Waals surface area contributed by atoms with Crippen LogP contribution in [0.5, 0.6) is 0 Å². The highest BCUT2D eigenvalue weighted by atomic mass is 35.5. The number of rotatable bonds is 3. The molecule has 1 aromatic heterocycles. The summed E-state index contributed by atoms with van der Waals surface area (Å²) in [6.07, 6.45) is 1.54. The van der Waals surface area contributed by atoms with E-state index in [1.54, 1.807) is 12.1 Å². The topological polar surface area (TPSA) is 30.0 Å². The number of aromatic nitrogens is 1. The van der Waals surface area contributed by atoms with Gasteiger partial charge in [0.05, 0.1) is 0 Å². The standard InChI is InChI=1S/C15H14ClNO/c1-10(2)11-3-5-12(6-4-11)15(18)13-7-8-17-14(16)9-13/h3-10H,1-2H3. The Bertz CT molecular complexity index is 561. The molecule has 3 heteroatoms. The smallest absolute Gasteiger partial charge is 0.193 e. The van der Waals surface area contributed by atoms with Gasteiger partial charge in [-0.1, -0.05) is 49.7 Å². The van der Waals surface area contributed by atoms with Crippen molar-refractivity contribution in [2.24, 2.45) is 0 Å². The number of hydrogen-bond acceptors (Lipinski definition) is 2. The molecular formula is C15H14ClNO. The molecule has 0 bridgehead atoms. The fourth-order valence-electron chi connectivity index (χ4n) is 1.73. The predicted octanol–water partition coefficient (Wildman–Crippen LogP) is 4.09. The largest absolute Gasteiger partial charge is 0.289 e. The van der Waals surface area contributed by atoms with Crippen LogP contribution in [0.2, 0.25) is 5.15 Å². The van der Waals surface area contributed by atoms with Crippen LogP contribution in [0.25, 0.3) is 0 Å². The molecule has 2 nitrogen and oxygen atoms in total. The summed E-state index contributed by atoms with van der Waals surface area (Å²) < 4.78 is 0. The van der Waals surface area contributed by atoms with Gasteiger partial charge in [0, 0.05) is 17.3 Å². The lowest BCUT2D eigenvalue weighted by molar-refractivity contribution is 0.103. The van der Waals surface area contributed by atoms with Crippen molar-refractivity contribution in [1.82, 2.24) is 4.98 Å². The number of benzene rings is 1. The van der Waals surface area contributed by atoms with Gasteiger partial charge in [-0.05, 0) is 23.6 Å². The van der Waals surface area contributed by atoms with Crippen molar-refractivity contribution in [2.75, 3.05) is 0 Å². The minimum Gasteiger partial charge on any atom is -0.289 e. The summed E-state index contributed by atoms with van der Waals surface area (Å²) in [4.78, 5) is 16.1. The maximum atomic E-state index is 12.2. The van der Waals surface area contributed by atoms with E-state index >= 15 is 0 Å². The molecule has 0 atom stereocenters. The Morgan fingerprint density at radius 1 is 1.11 bits per heavy atom. The third-order valence-electron chi connectivity index (χ3n) is 2.83. The van der Waals surface area contributed by atoms with Gasteiger partial charge in [-0.15, -0.1) is 0 Å². The molecule has 0 saturated heterocycles. The van der Waals surface area contributed by atoms with Crippen LogP contribution in [0.15, 0.2) is 42.6 Å². The molecule has 1 heterocycles. The molecule has 0 aliphatic rings. The zero-order chi connectivity index (χ0) is 13.1. The Labute approximate surface area is 112 Å². The van der Waals surface area contributed by atoms with E-state index in [4.69, 9.17) is 11.6 Å². The van der Waals surface area contributed by atoms with Gasteiger partial charge in [0.25, 0.3) is 0 Å². The fraction of sp³-hybridized carbons (Fsp3) is 0.200. The van der Waals surface area contributed by atoms with Gasteiger partial charge in [0.1, 0.15) is 5.15 Å². The minimum absolute atomic E-state index is 0.0328. The van der Waals surface area contributed by atoms with E-state index in [1.165, 1.54) is 11.8 Å². The maximum absolute atomic E-state index is 12.2. The summed E-state index contributed by atoms with van der Waals surface area (Å²) in [6.45, 7) is 4.25. The van der Waals surface area contributed by atoms with Crippen LogP contribution in [-0.2, 0) is 0 Å². The lowest BCUT2D eigenvalue weighted by Crippen LogP contribution is -2.02. The normalized spacial score (nSPS) is 10.7. The van der Waals surface area contributed by atoms with Gasteiger partial charge in [-0.3, -0.25) is 4.79 Å². The third kappa shape index (κ3) is 2.77. The Hall–Kier alpha value is -1.67. The summed E-state index contributed by atoms with van der Waals surface area (Å²) in [7, 11) is 0. The Kier molecular flexibility index (Phi) is 3.78. The van der Waals surface area contributed by atoms with E-state index in [9.17, 15) is 4.79 Å². The summed E-state index contributed by atoms with van der Waals surface area (Å²) in [5.41, 5.74) is 2.45. The second-order valence-electron chi connectivity index (χ2n) is 4.47. The van der Waals surface area contributed by atoms with E-state index in [1.807, 2.05) is 24.3 Å². The minimum atomic E-state index is -0.0328. The van der Waals surface area contributed by atoms with Crippen LogP contribution in [0.3, 0.4) is 0 Å². The van der Waals surface area contributed by atoms with E-state index in [0.29, 0.717) is 22.2 Å². The molecule has 1 aromatic carbocycles. The third-order valence-corrected chi connectivity index (χ3v) is 3.03. The summed E-state index contributed by atoms with van der Waals surface area (Å²) in [5, 5.41) is 0.333. The van der Waals surface area contributed by atoms with Crippen LogP contribution >= 0.6 is 11.6 Å². The molecule has 0 spiro atoms. The van der Waals surface area contributed by atoms with Gasteiger partial charge in [0.2, 0.25) is 0 Å². The number of nitrogens with zero attached hydrogens (tertiary/aromatic N) is 1. The molecule has 2 aromatic rings. The number of carbonyl (C=O) groups excluding carboxylic acids is 1. The van der Waals surface area contributed by atoms with E-state index in [-0.39, 0.29) is 5.78 Å². The zero-order valence-corrected chi connectivity index (χ0v) is 11.1. The van der Waals surface area contributed by atoms with Gasteiger partial charge >= 0.3 is 0 Å². The maximum Gasteiger partial charge on any atom is 0.193 e. The van der Waals surface area contributed by atoms with Gasteiger partial charge < -0.3 is 0 Å². The second-order valence-corrected chi connectivity index (χ2v) is 4.86. The molecule has 0 radical (unpaired) electrons. The monoisotopic (exact) mass is 259 g/mol. The van der Waals surface area contributed by atoms with Crippen LogP contribution in [0.4, 0.5) is 0 Å². The molecule has 0 aliphatic carbocycles. The summed E-state index contributed by atoms with van der Waals surface area (Å²) >= 11 is 5.78. The van der Waals surface area contributed by atoms with Crippen molar-refractivity contribution >= 4 is 17.4 Å². The van der Waals surface area contributed by atoms with Crippen molar-refractivity contribution in [1.29, 1.82) is 0 Å². The molecule has 18 heavy (non-hydrogen) atoms. The number of pyridine rings is 1. The lowest BCUT2D eigenvalue weighted by Gasteiger charge is -2.06. The molecule has 92 valence electrons. The first kappa shape index (κ1) is 12.8. The summed E-state index contributed by atoms with van der Waals surface area (Å²) in [5.74, 6) is 0.430.